The van der Waals surface area contributed by atoms with Crippen LogP contribution in [0.4, 0.5) is 0 Å². The average Bonchev–Trinajstić information content (AvgIpc) is 3.01. The van der Waals surface area contributed by atoms with Crippen molar-refractivity contribution >= 4 is 16.9 Å². The van der Waals surface area contributed by atoms with Crippen molar-refractivity contribution < 1.29 is 73.4 Å². The molecule has 0 unspecified atom stereocenters. The molecule has 2 saturated heterocycles. The van der Waals surface area contributed by atoms with Crippen molar-refractivity contribution in [2.24, 2.45) is 0 Å². The summed E-state index contributed by atoms with van der Waals surface area (Å²) in [7, 11) is 1.41. The predicted molar refractivity (Wildman–Crippen MR) is 151 cm³/mol. The highest BCUT2D eigenvalue weighted by Gasteiger charge is 2.51. The van der Waals surface area contributed by atoms with E-state index in [9.17, 15) is 40.5 Å². The van der Waals surface area contributed by atoms with Gasteiger partial charge in [-0.15, -0.1) is 0 Å². The lowest BCUT2D eigenvalue weighted by atomic mass is 9.97. The predicted octanol–water partition coefficient (Wildman–Crippen LogP) is 0.0509. The second-order valence-corrected chi connectivity index (χ2v) is 10.7. The molecule has 244 valence electrons. The Morgan fingerprint density at radius 3 is 2.24 bits per heavy atom. The molecule has 15 heteroatoms. The Morgan fingerprint density at radius 2 is 1.60 bits per heavy atom. The smallest absolute Gasteiger partial charge is 0.372 e. The van der Waals surface area contributed by atoms with E-state index in [1.165, 1.54) is 45.2 Å². The maximum Gasteiger partial charge on any atom is 0.372 e. The molecule has 3 heterocycles. The molecule has 0 bridgehead atoms. The van der Waals surface area contributed by atoms with Crippen LogP contribution < -0.4 is 14.2 Å². The molecule has 0 saturated carbocycles. The molecule has 0 spiro atoms. The minimum atomic E-state index is -1.75. The zero-order valence-electron chi connectivity index (χ0n) is 24.4. The summed E-state index contributed by atoms with van der Waals surface area (Å²) in [5, 5.41) is 72.1. The maximum absolute atomic E-state index is 12.1. The number of aliphatic hydroxyl groups excluding tert-OH is 6. The van der Waals surface area contributed by atoms with Crippen LogP contribution in [0.25, 0.3) is 22.3 Å². The minimum absolute atomic E-state index is 0.0302. The zero-order valence-corrected chi connectivity index (χ0v) is 24.4. The van der Waals surface area contributed by atoms with Gasteiger partial charge in [0.05, 0.1) is 37.5 Å². The van der Waals surface area contributed by atoms with Crippen molar-refractivity contribution in [3.8, 4) is 34.3 Å². The monoisotopic (exact) mass is 635 g/mol. The number of carbonyl (C=O) groups is 1. The lowest BCUT2D eigenvalue weighted by molar-refractivity contribution is -0.354. The van der Waals surface area contributed by atoms with Crippen LogP contribution in [0.5, 0.6) is 23.0 Å². The molecule has 15 nitrogen and oxygen atoms in total. The van der Waals surface area contributed by atoms with E-state index in [-0.39, 0.29) is 34.0 Å². The summed E-state index contributed by atoms with van der Waals surface area (Å²) >= 11 is 0. The van der Waals surface area contributed by atoms with Crippen LogP contribution in [-0.2, 0) is 19.0 Å². The maximum atomic E-state index is 12.1. The lowest BCUT2D eigenvalue weighted by Gasteiger charge is -2.45. The summed E-state index contributed by atoms with van der Waals surface area (Å²) in [5.74, 6) is -0.113. The van der Waals surface area contributed by atoms with E-state index in [2.05, 4.69) is 0 Å². The van der Waals surface area contributed by atoms with Gasteiger partial charge in [0.15, 0.2) is 23.5 Å². The molecule has 45 heavy (non-hydrogen) atoms. The molecule has 2 aliphatic heterocycles. The Balaban J connectivity index is 1.55. The Labute approximate surface area is 256 Å². The van der Waals surface area contributed by atoms with Crippen LogP contribution >= 0.6 is 0 Å². The third kappa shape index (κ3) is 6.67. The summed E-state index contributed by atoms with van der Waals surface area (Å²) in [5.41, 5.74) is 0.698. The van der Waals surface area contributed by atoms with Crippen molar-refractivity contribution in [3.63, 3.8) is 0 Å². The molecule has 7 N–H and O–H groups in total. The molecule has 10 atom stereocenters. The fraction of sp³-hybridized carbons (Fsp3) is 0.467. The number of aliphatic hydroxyl groups is 6. The molecule has 0 aliphatic carbocycles. The van der Waals surface area contributed by atoms with Gasteiger partial charge in [-0.05, 0) is 31.2 Å². The highest BCUT2D eigenvalue weighted by atomic mass is 16.8. The van der Waals surface area contributed by atoms with Gasteiger partial charge >= 0.3 is 17.3 Å². The Kier molecular flexibility index (Phi) is 9.74. The van der Waals surface area contributed by atoms with Gasteiger partial charge in [0.1, 0.15) is 53.9 Å². The normalized spacial score (nSPS) is 31.8. The third-order valence-electron chi connectivity index (χ3n) is 7.57. The second kappa shape index (κ2) is 13.4. The van der Waals surface area contributed by atoms with Gasteiger partial charge in [-0.25, -0.2) is 4.42 Å². The number of phenolic OH excluding ortho intramolecular Hbond substituents is 1. The first-order chi connectivity index (χ1) is 21.4. The Morgan fingerprint density at radius 1 is 0.889 bits per heavy atom. The van der Waals surface area contributed by atoms with E-state index < -0.39 is 74.0 Å². The van der Waals surface area contributed by atoms with Crippen LogP contribution in [0.2, 0.25) is 0 Å². The minimum Gasteiger partial charge on any atom is -0.508 e. The van der Waals surface area contributed by atoms with Gasteiger partial charge in [-0.3, -0.25) is 4.79 Å². The van der Waals surface area contributed by atoms with Crippen LogP contribution in [0.3, 0.4) is 0 Å². The quantitative estimate of drug-likeness (QED) is 0.0986. The van der Waals surface area contributed by atoms with Crippen LogP contribution in [0.15, 0.2) is 46.9 Å². The van der Waals surface area contributed by atoms with Crippen LogP contribution in [-0.4, -0.2) is 117 Å². The SMILES string of the molecule is COc1cc(-c2ccc(O)cc2)[o+]c2cc(O[C@@H]3O[C@H](CO)[C@@H](O)[C@H](O)[C@H]3O[C@@H]3O[C@@H](C)[C@H](O)[C@@H](O)[C@H]3O)cc(OC(C)=O)c12. The molecule has 5 rings (SSSR count). The number of rotatable bonds is 8. The highest BCUT2D eigenvalue weighted by molar-refractivity contribution is 5.94. The molecule has 0 radical (unpaired) electrons. The standard InChI is InChI=1S/C30H34O15/c1-12-23(34)25(36)27(38)29(40-12)45-28-26(37)24(35)21(11-31)44-30(28)42-16-8-19(41-13(2)32)22-18(39-3)10-17(43-20(22)9-16)14-4-6-15(33)7-5-14/h4-10,12,21,23-31,34-38H,11H2,1-3H3/p+1/t12-,21+,23-,24+,25+,26-,27+,28+,29-,30+/m0/s1. The van der Waals surface area contributed by atoms with E-state index in [4.69, 9.17) is 32.8 Å². The second-order valence-electron chi connectivity index (χ2n) is 10.7. The number of hydrogen-bond acceptors (Lipinski definition) is 14. The van der Waals surface area contributed by atoms with Gasteiger partial charge in [0.25, 0.3) is 0 Å². The first kappa shape index (κ1) is 32.7. The lowest BCUT2D eigenvalue weighted by Crippen LogP contribution is -2.64. The molecular weight excluding hydrogens is 600 g/mol. The number of ether oxygens (including phenoxy) is 6. The van der Waals surface area contributed by atoms with Crippen molar-refractivity contribution in [1.29, 1.82) is 0 Å². The van der Waals surface area contributed by atoms with Crippen LogP contribution in [0, 0.1) is 0 Å². The number of methoxy groups -OCH3 is 1. The van der Waals surface area contributed by atoms with Crippen molar-refractivity contribution in [2.45, 2.75) is 75.3 Å². The fourth-order valence-electron chi connectivity index (χ4n) is 5.17. The van der Waals surface area contributed by atoms with Crippen molar-refractivity contribution in [1.82, 2.24) is 0 Å². The number of fused-ring (bicyclic) bond motifs is 1. The van der Waals surface area contributed by atoms with E-state index in [1.807, 2.05) is 0 Å². The van der Waals surface area contributed by atoms with Gasteiger partial charge in [-0.2, -0.15) is 0 Å². The summed E-state index contributed by atoms with van der Waals surface area (Å²) in [4.78, 5) is 12.1. The molecule has 1 aromatic heterocycles. The molecule has 2 fully saturated rings. The summed E-state index contributed by atoms with van der Waals surface area (Å²) in [6.45, 7) is 1.91. The highest BCUT2D eigenvalue weighted by Crippen LogP contribution is 2.42. The number of esters is 1. The van der Waals surface area contributed by atoms with Gasteiger partial charge in [0, 0.05) is 13.0 Å². The topological polar surface area (TPSA) is 225 Å². The largest absolute Gasteiger partial charge is 0.508 e. The van der Waals surface area contributed by atoms with Crippen molar-refractivity contribution in [3.05, 3.63) is 42.5 Å². The number of carbonyl (C=O) groups excluding carboxylic acids is 1. The van der Waals surface area contributed by atoms with Gasteiger partial charge in [-0.1, -0.05) is 0 Å². The van der Waals surface area contributed by atoms with E-state index in [0.29, 0.717) is 11.3 Å². The van der Waals surface area contributed by atoms with E-state index in [0.717, 1.165) is 0 Å². The van der Waals surface area contributed by atoms with E-state index >= 15 is 0 Å². The molecule has 3 aromatic rings. The Bertz CT molecular complexity index is 1500. The summed E-state index contributed by atoms with van der Waals surface area (Å²) in [6, 6.07) is 10.5. The third-order valence-corrected chi connectivity index (χ3v) is 7.57. The summed E-state index contributed by atoms with van der Waals surface area (Å²) in [6.07, 6.45) is -15.3. The van der Waals surface area contributed by atoms with Gasteiger partial charge < -0.3 is 64.2 Å². The van der Waals surface area contributed by atoms with E-state index in [1.54, 1.807) is 18.2 Å². The van der Waals surface area contributed by atoms with Crippen molar-refractivity contribution in [2.75, 3.05) is 13.7 Å². The molecule has 2 aliphatic rings. The first-order valence-corrected chi connectivity index (χ1v) is 14.0. The number of hydrogen-bond donors (Lipinski definition) is 7. The Hall–Kier alpha value is -3.64. The molecule has 2 aromatic carbocycles. The zero-order chi connectivity index (χ0) is 32.6. The number of benzene rings is 2. The van der Waals surface area contributed by atoms with Gasteiger partial charge in [0.2, 0.25) is 6.29 Å². The average molecular weight is 636 g/mol. The summed E-state index contributed by atoms with van der Waals surface area (Å²) < 4.78 is 40.1. The number of phenols is 1. The van der Waals surface area contributed by atoms with Crippen LogP contribution in [0.1, 0.15) is 13.8 Å². The fourth-order valence-corrected chi connectivity index (χ4v) is 5.17. The molecule has 0 amide bonds. The first-order valence-electron chi connectivity index (χ1n) is 14.0. The number of aromatic hydroxyl groups is 1. The molecular formula is C30H35O15+.